The highest BCUT2D eigenvalue weighted by Crippen LogP contribution is 2.31. The molecule has 0 saturated heterocycles. The highest BCUT2D eigenvalue weighted by Gasteiger charge is 2.18. The standard InChI is InChI=1S/C14H16O4/c1-9-4-5-18-14(9)13(15)10-6-11(16-2)8-12(7-10)17-3/h4-8,13,15H,1-3H3. The highest BCUT2D eigenvalue weighted by atomic mass is 16.5. The van der Waals surface area contributed by atoms with Gasteiger partial charge in [0.05, 0.1) is 20.5 Å². The molecule has 1 heterocycles. The van der Waals surface area contributed by atoms with Crippen LogP contribution in [0.4, 0.5) is 0 Å². The lowest BCUT2D eigenvalue weighted by Gasteiger charge is -2.13. The number of benzene rings is 1. The Hall–Kier alpha value is -1.94. The molecule has 18 heavy (non-hydrogen) atoms. The fraction of sp³-hybridized carbons (Fsp3) is 0.286. The predicted molar refractivity (Wildman–Crippen MR) is 67.1 cm³/mol. The number of hydrogen-bond donors (Lipinski definition) is 1. The van der Waals surface area contributed by atoms with E-state index >= 15 is 0 Å². The van der Waals surface area contributed by atoms with Gasteiger partial charge in [-0.3, -0.25) is 0 Å². The zero-order valence-electron chi connectivity index (χ0n) is 10.6. The maximum Gasteiger partial charge on any atom is 0.139 e. The lowest BCUT2D eigenvalue weighted by Crippen LogP contribution is -2.01. The summed E-state index contributed by atoms with van der Waals surface area (Å²) in [7, 11) is 3.14. The summed E-state index contributed by atoms with van der Waals surface area (Å²) in [4.78, 5) is 0. The molecule has 4 nitrogen and oxygen atoms in total. The van der Waals surface area contributed by atoms with E-state index in [9.17, 15) is 5.11 Å². The molecule has 0 spiro atoms. The number of aryl methyl sites for hydroxylation is 1. The summed E-state index contributed by atoms with van der Waals surface area (Å²) >= 11 is 0. The van der Waals surface area contributed by atoms with Crippen molar-refractivity contribution in [2.45, 2.75) is 13.0 Å². The van der Waals surface area contributed by atoms with Crippen molar-refractivity contribution in [3.8, 4) is 11.5 Å². The van der Waals surface area contributed by atoms with Crippen LogP contribution in [0.15, 0.2) is 34.9 Å². The fourth-order valence-electron chi connectivity index (χ4n) is 1.80. The van der Waals surface area contributed by atoms with Gasteiger partial charge in [0.15, 0.2) is 0 Å². The zero-order chi connectivity index (χ0) is 13.1. The largest absolute Gasteiger partial charge is 0.497 e. The van der Waals surface area contributed by atoms with E-state index in [2.05, 4.69) is 0 Å². The Morgan fingerprint density at radius 1 is 1.11 bits per heavy atom. The van der Waals surface area contributed by atoms with E-state index in [0.717, 1.165) is 5.56 Å². The van der Waals surface area contributed by atoms with Crippen LogP contribution in [-0.2, 0) is 0 Å². The maximum atomic E-state index is 10.3. The van der Waals surface area contributed by atoms with Crippen LogP contribution >= 0.6 is 0 Å². The third-order valence-corrected chi connectivity index (χ3v) is 2.84. The molecule has 1 unspecified atom stereocenters. The van der Waals surface area contributed by atoms with Crippen LogP contribution in [0.25, 0.3) is 0 Å². The average molecular weight is 248 g/mol. The quantitative estimate of drug-likeness (QED) is 0.903. The first-order chi connectivity index (χ1) is 8.65. The molecular formula is C14H16O4. The molecule has 0 bridgehead atoms. The molecule has 2 aromatic rings. The van der Waals surface area contributed by atoms with Crippen LogP contribution in [0, 0.1) is 6.92 Å². The SMILES string of the molecule is COc1cc(OC)cc(C(O)c2occc2C)c1. The number of aliphatic hydroxyl groups is 1. The van der Waals surface area contributed by atoms with Gasteiger partial charge in [-0.25, -0.2) is 0 Å². The summed E-state index contributed by atoms with van der Waals surface area (Å²) in [5, 5.41) is 10.3. The minimum atomic E-state index is -0.830. The van der Waals surface area contributed by atoms with Gasteiger partial charge in [-0.15, -0.1) is 0 Å². The molecule has 1 atom stereocenters. The molecule has 1 aromatic heterocycles. The summed E-state index contributed by atoms with van der Waals surface area (Å²) in [5.74, 6) is 1.80. The smallest absolute Gasteiger partial charge is 0.139 e. The predicted octanol–water partition coefficient (Wildman–Crippen LogP) is 2.69. The molecule has 0 amide bonds. The van der Waals surface area contributed by atoms with Gasteiger partial charge in [-0.2, -0.15) is 0 Å². The maximum absolute atomic E-state index is 10.3. The zero-order valence-corrected chi connectivity index (χ0v) is 10.6. The van der Waals surface area contributed by atoms with Crippen LogP contribution < -0.4 is 9.47 Å². The van der Waals surface area contributed by atoms with Crippen LogP contribution in [0.5, 0.6) is 11.5 Å². The number of rotatable bonds is 4. The van der Waals surface area contributed by atoms with Crippen LogP contribution in [0.1, 0.15) is 23.0 Å². The minimum Gasteiger partial charge on any atom is -0.497 e. The number of hydrogen-bond acceptors (Lipinski definition) is 4. The number of methoxy groups -OCH3 is 2. The monoisotopic (exact) mass is 248 g/mol. The van der Waals surface area contributed by atoms with E-state index in [4.69, 9.17) is 13.9 Å². The normalized spacial score (nSPS) is 12.2. The number of ether oxygens (including phenoxy) is 2. The summed E-state index contributed by atoms with van der Waals surface area (Å²) < 4.78 is 15.6. The number of furan rings is 1. The lowest BCUT2D eigenvalue weighted by atomic mass is 10.0. The Bertz CT molecular complexity index is 508. The van der Waals surface area contributed by atoms with E-state index in [1.165, 1.54) is 0 Å². The third kappa shape index (κ3) is 2.33. The van der Waals surface area contributed by atoms with Gasteiger partial charge in [0, 0.05) is 6.07 Å². The van der Waals surface area contributed by atoms with Crippen molar-refractivity contribution in [2.75, 3.05) is 14.2 Å². The first-order valence-corrected chi connectivity index (χ1v) is 5.60. The van der Waals surface area contributed by atoms with Crippen molar-refractivity contribution in [1.29, 1.82) is 0 Å². The summed E-state index contributed by atoms with van der Waals surface area (Å²) in [5.41, 5.74) is 1.58. The van der Waals surface area contributed by atoms with E-state index in [1.807, 2.05) is 13.0 Å². The first kappa shape index (κ1) is 12.5. The third-order valence-electron chi connectivity index (χ3n) is 2.84. The van der Waals surface area contributed by atoms with E-state index in [0.29, 0.717) is 22.8 Å². The van der Waals surface area contributed by atoms with Crippen molar-refractivity contribution < 1.29 is 19.0 Å². The van der Waals surface area contributed by atoms with Gasteiger partial charge in [0.2, 0.25) is 0 Å². The second-order valence-corrected chi connectivity index (χ2v) is 4.02. The fourth-order valence-corrected chi connectivity index (χ4v) is 1.80. The van der Waals surface area contributed by atoms with Crippen molar-refractivity contribution in [1.82, 2.24) is 0 Å². The Morgan fingerprint density at radius 3 is 2.17 bits per heavy atom. The molecule has 1 N–H and O–H groups in total. The Kier molecular flexibility index (Phi) is 3.58. The topological polar surface area (TPSA) is 51.8 Å². The van der Waals surface area contributed by atoms with Gasteiger partial charge in [0.25, 0.3) is 0 Å². The van der Waals surface area contributed by atoms with Crippen molar-refractivity contribution in [2.24, 2.45) is 0 Å². The van der Waals surface area contributed by atoms with Gasteiger partial charge >= 0.3 is 0 Å². The van der Waals surface area contributed by atoms with E-state index in [-0.39, 0.29) is 0 Å². The van der Waals surface area contributed by atoms with Crippen molar-refractivity contribution >= 4 is 0 Å². The molecule has 2 rings (SSSR count). The molecule has 0 aliphatic carbocycles. The summed E-state index contributed by atoms with van der Waals surface area (Å²) in [6.45, 7) is 1.89. The molecule has 0 fully saturated rings. The Morgan fingerprint density at radius 2 is 1.72 bits per heavy atom. The summed E-state index contributed by atoms with van der Waals surface area (Å²) in [6, 6.07) is 7.09. The first-order valence-electron chi connectivity index (χ1n) is 5.60. The lowest BCUT2D eigenvalue weighted by molar-refractivity contribution is 0.187. The van der Waals surface area contributed by atoms with Gasteiger partial charge < -0.3 is 19.0 Å². The van der Waals surface area contributed by atoms with E-state index < -0.39 is 6.10 Å². The molecule has 0 radical (unpaired) electrons. The van der Waals surface area contributed by atoms with Gasteiger partial charge in [-0.1, -0.05) is 0 Å². The molecule has 4 heteroatoms. The Balaban J connectivity index is 2.41. The molecule has 0 saturated carbocycles. The highest BCUT2D eigenvalue weighted by molar-refractivity contribution is 5.41. The van der Waals surface area contributed by atoms with Crippen LogP contribution in [0.2, 0.25) is 0 Å². The molecule has 0 aliphatic heterocycles. The van der Waals surface area contributed by atoms with Gasteiger partial charge in [0.1, 0.15) is 23.4 Å². The van der Waals surface area contributed by atoms with Crippen LogP contribution in [-0.4, -0.2) is 19.3 Å². The summed E-state index contributed by atoms with van der Waals surface area (Å²) in [6.07, 6.45) is 0.731. The van der Waals surface area contributed by atoms with Crippen molar-refractivity contribution in [3.63, 3.8) is 0 Å². The molecule has 0 aliphatic rings. The second-order valence-electron chi connectivity index (χ2n) is 4.02. The average Bonchev–Trinajstić information content (AvgIpc) is 2.83. The minimum absolute atomic E-state index is 0.533. The molecule has 96 valence electrons. The number of aliphatic hydroxyl groups excluding tert-OH is 1. The Labute approximate surface area is 106 Å². The van der Waals surface area contributed by atoms with Gasteiger partial charge in [-0.05, 0) is 36.2 Å². The van der Waals surface area contributed by atoms with Crippen molar-refractivity contribution in [3.05, 3.63) is 47.4 Å². The van der Waals surface area contributed by atoms with Crippen LogP contribution in [0.3, 0.4) is 0 Å². The second kappa shape index (κ2) is 5.14. The van der Waals surface area contributed by atoms with E-state index in [1.54, 1.807) is 38.7 Å². The molecule has 1 aromatic carbocycles. The molecular weight excluding hydrogens is 232 g/mol.